The van der Waals surface area contributed by atoms with Gasteiger partial charge in [0.15, 0.2) is 0 Å². The molecule has 0 bridgehead atoms. The minimum Gasteiger partial charge on any atom is -0.543 e. The summed E-state index contributed by atoms with van der Waals surface area (Å²) in [5.74, 6) is -2.18. The fourth-order valence-electron chi connectivity index (χ4n) is 2.46. The Morgan fingerprint density at radius 3 is 2.62 bits per heavy atom. The van der Waals surface area contributed by atoms with E-state index < -0.39 is 18.0 Å². The molecular weight excluding hydrogens is 221 g/mol. The number of carboxylic acids is 1. The van der Waals surface area contributed by atoms with Crippen LogP contribution in [0.3, 0.4) is 0 Å². The normalized spacial score (nSPS) is 33.4. The van der Waals surface area contributed by atoms with Gasteiger partial charge in [-0.3, -0.25) is 4.79 Å². The van der Waals surface area contributed by atoms with Gasteiger partial charge in [-0.2, -0.15) is 0 Å². The molecule has 0 aromatic heterocycles. The van der Waals surface area contributed by atoms with Crippen molar-refractivity contribution in [3.8, 4) is 0 Å². The van der Waals surface area contributed by atoms with Gasteiger partial charge in [0.1, 0.15) is 0 Å². The van der Waals surface area contributed by atoms with Crippen molar-refractivity contribution < 1.29 is 49.4 Å². The third-order valence-corrected chi connectivity index (χ3v) is 3.14. The summed E-state index contributed by atoms with van der Waals surface area (Å²) < 4.78 is 0. The number of nitrogens with zero attached hydrogens (tertiary/aromatic N) is 1. The van der Waals surface area contributed by atoms with Crippen LogP contribution < -0.4 is 34.7 Å². The number of hydrogen-bond donors (Lipinski definition) is 1. The van der Waals surface area contributed by atoms with Gasteiger partial charge in [-0.15, -0.1) is 0 Å². The fourth-order valence-corrected chi connectivity index (χ4v) is 2.46. The van der Waals surface area contributed by atoms with Crippen LogP contribution in [-0.2, 0) is 9.59 Å². The van der Waals surface area contributed by atoms with Gasteiger partial charge in [0.25, 0.3) is 0 Å². The SMILES string of the molecule is C[C@@H](O)[C@H]1C(=O)N2C(C(=O)[O-])=C[C@H](C)[C@H]12.[Na+]. The van der Waals surface area contributed by atoms with Crippen LogP contribution in [0.2, 0.25) is 0 Å². The maximum Gasteiger partial charge on any atom is 1.00 e. The molecule has 0 saturated carbocycles. The molecule has 5 nitrogen and oxygen atoms in total. The number of carbonyl (C=O) groups excluding carboxylic acids is 2. The van der Waals surface area contributed by atoms with Crippen molar-refractivity contribution in [1.82, 2.24) is 4.90 Å². The largest absolute Gasteiger partial charge is 1.00 e. The summed E-state index contributed by atoms with van der Waals surface area (Å²) in [7, 11) is 0. The topological polar surface area (TPSA) is 80.7 Å². The third kappa shape index (κ3) is 1.72. The van der Waals surface area contributed by atoms with Gasteiger partial charge in [0, 0.05) is 0 Å². The van der Waals surface area contributed by atoms with Crippen molar-refractivity contribution in [3.05, 3.63) is 11.8 Å². The van der Waals surface area contributed by atoms with E-state index in [0.717, 1.165) is 0 Å². The first kappa shape index (κ1) is 13.7. The van der Waals surface area contributed by atoms with Crippen LogP contribution in [0.5, 0.6) is 0 Å². The van der Waals surface area contributed by atoms with Gasteiger partial charge in [-0.05, 0) is 12.8 Å². The van der Waals surface area contributed by atoms with E-state index in [1.807, 2.05) is 6.92 Å². The molecule has 16 heavy (non-hydrogen) atoms. The molecule has 0 aromatic rings. The second-order valence-corrected chi connectivity index (χ2v) is 4.16. The van der Waals surface area contributed by atoms with Crippen molar-refractivity contribution in [2.75, 3.05) is 0 Å². The van der Waals surface area contributed by atoms with E-state index in [0.29, 0.717) is 0 Å². The standard InChI is InChI=1S/C10H13NO4.Na/c1-4-3-6(10(14)15)11-8(4)7(5(2)12)9(11)13;/h3-5,7-8,12H,1-2H3,(H,14,15);/q;+1/p-1/t4-,5+,7+,8+;/m0./s1. The van der Waals surface area contributed by atoms with Gasteiger partial charge < -0.3 is 19.9 Å². The van der Waals surface area contributed by atoms with E-state index in [1.54, 1.807) is 6.92 Å². The molecule has 0 unspecified atom stereocenters. The Kier molecular flexibility index (Phi) is 3.84. The second kappa shape index (κ2) is 4.49. The number of aliphatic hydroxyl groups excluding tert-OH is 1. The molecule has 0 spiro atoms. The van der Waals surface area contributed by atoms with Crippen molar-refractivity contribution in [1.29, 1.82) is 0 Å². The van der Waals surface area contributed by atoms with Gasteiger partial charge in [0.05, 0.1) is 29.7 Å². The number of aliphatic carboxylic acids is 1. The van der Waals surface area contributed by atoms with E-state index in [4.69, 9.17) is 0 Å². The zero-order chi connectivity index (χ0) is 11.3. The Hall–Kier alpha value is -0.360. The van der Waals surface area contributed by atoms with Gasteiger partial charge in [-0.1, -0.05) is 13.0 Å². The van der Waals surface area contributed by atoms with Gasteiger partial charge >= 0.3 is 29.6 Å². The molecule has 0 aromatic carbocycles. The Labute approximate surface area is 115 Å². The Morgan fingerprint density at radius 1 is 1.62 bits per heavy atom. The van der Waals surface area contributed by atoms with Crippen LogP contribution in [-0.4, -0.2) is 34.0 Å². The first-order valence-electron chi connectivity index (χ1n) is 4.89. The predicted octanol–water partition coefficient (Wildman–Crippen LogP) is -4.52. The number of hydrogen-bond acceptors (Lipinski definition) is 4. The van der Waals surface area contributed by atoms with Crippen molar-refractivity contribution in [2.45, 2.75) is 26.0 Å². The molecule has 1 amide bonds. The van der Waals surface area contributed by atoms with E-state index in [2.05, 4.69) is 0 Å². The first-order chi connectivity index (χ1) is 6.95. The first-order valence-corrected chi connectivity index (χ1v) is 4.89. The zero-order valence-electron chi connectivity index (χ0n) is 9.51. The molecule has 82 valence electrons. The Balaban J connectivity index is 0.00000128. The summed E-state index contributed by atoms with van der Waals surface area (Å²) >= 11 is 0. The monoisotopic (exact) mass is 233 g/mol. The number of aliphatic hydroxyl groups is 1. The van der Waals surface area contributed by atoms with E-state index >= 15 is 0 Å². The van der Waals surface area contributed by atoms with Gasteiger partial charge in [0.2, 0.25) is 5.91 Å². The number of β-lactam (4-membered cyclic amide) rings is 1. The van der Waals surface area contributed by atoms with Crippen molar-refractivity contribution in [3.63, 3.8) is 0 Å². The summed E-state index contributed by atoms with van der Waals surface area (Å²) in [4.78, 5) is 23.5. The number of carboxylic acid groups (broad SMARTS) is 1. The molecule has 0 radical (unpaired) electrons. The van der Waals surface area contributed by atoms with Crippen molar-refractivity contribution in [2.24, 2.45) is 11.8 Å². The molecule has 4 atom stereocenters. The van der Waals surface area contributed by atoms with E-state index in [9.17, 15) is 19.8 Å². The molecule has 2 heterocycles. The Bertz CT molecular complexity index is 366. The summed E-state index contributed by atoms with van der Waals surface area (Å²) in [5, 5.41) is 20.1. The fraction of sp³-hybridized carbons (Fsp3) is 0.600. The molecule has 1 fully saturated rings. The van der Waals surface area contributed by atoms with Crippen LogP contribution in [0.4, 0.5) is 0 Å². The minimum absolute atomic E-state index is 0. The van der Waals surface area contributed by atoms with E-state index in [-0.39, 0.29) is 53.1 Å². The number of amides is 1. The molecule has 1 N–H and O–H groups in total. The zero-order valence-corrected chi connectivity index (χ0v) is 11.5. The smallest absolute Gasteiger partial charge is 0.543 e. The summed E-state index contributed by atoms with van der Waals surface area (Å²) in [6.45, 7) is 3.37. The molecule has 2 aliphatic heterocycles. The summed E-state index contributed by atoms with van der Waals surface area (Å²) in [6, 6.07) is -0.217. The number of carbonyl (C=O) groups is 2. The molecule has 6 heteroatoms. The van der Waals surface area contributed by atoms with Crippen LogP contribution in [0.1, 0.15) is 13.8 Å². The maximum atomic E-state index is 11.6. The molecular formula is C10H12NNaO4. The average Bonchev–Trinajstić information content (AvgIpc) is 2.38. The van der Waals surface area contributed by atoms with Crippen molar-refractivity contribution >= 4 is 11.9 Å². The minimum atomic E-state index is -1.33. The van der Waals surface area contributed by atoms with Crippen LogP contribution in [0.15, 0.2) is 11.8 Å². The van der Waals surface area contributed by atoms with Crippen LogP contribution in [0.25, 0.3) is 0 Å². The number of rotatable bonds is 2. The quantitative estimate of drug-likeness (QED) is 0.385. The summed E-state index contributed by atoms with van der Waals surface area (Å²) in [6.07, 6.45) is 0.774. The Morgan fingerprint density at radius 2 is 2.19 bits per heavy atom. The molecule has 2 aliphatic rings. The number of fused-ring (bicyclic) bond motifs is 1. The summed E-state index contributed by atoms with van der Waals surface area (Å²) in [5.41, 5.74) is -0.0607. The third-order valence-electron chi connectivity index (χ3n) is 3.14. The average molecular weight is 233 g/mol. The van der Waals surface area contributed by atoms with Crippen LogP contribution in [0, 0.1) is 11.8 Å². The molecule has 1 saturated heterocycles. The molecule has 2 rings (SSSR count). The predicted molar refractivity (Wildman–Crippen MR) is 48.1 cm³/mol. The van der Waals surface area contributed by atoms with Gasteiger partial charge in [-0.25, -0.2) is 0 Å². The second-order valence-electron chi connectivity index (χ2n) is 4.16. The maximum absolute atomic E-state index is 11.6. The van der Waals surface area contributed by atoms with E-state index in [1.165, 1.54) is 11.0 Å². The van der Waals surface area contributed by atoms with Crippen LogP contribution >= 0.6 is 0 Å². The molecule has 0 aliphatic carbocycles.